The molecular weight excluding hydrogens is 232 g/mol. The van der Waals surface area contributed by atoms with Crippen LogP contribution in [0.15, 0.2) is 36.4 Å². The fourth-order valence-electron chi connectivity index (χ4n) is 2.66. The summed E-state index contributed by atoms with van der Waals surface area (Å²) in [6.45, 7) is 4.30. The molecule has 98 valence electrons. The minimum Gasteiger partial charge on any atom is -0.364 e. The van der Waals surface area contributed by atoms with Crippen LogP contribution < -0.4 is 5.32 Å². The molecule has 1 aliphatic carbocycles. The minimum absolute atomic E-state index is 0.285. The van der Waals surface area contributed by atoms with Crippen molar-refractivity contribution in [2.24, 2.45) is 0 Å². The molecule has 1 heterocycles. The first-order valence-electron chi connectivity index (χ1n) is 7.04. The summed E-state index contributed by atoms with van der Waals surface area (Å²) in [6, 6.07) is 13.3. The average Bonchev–Trinajstić information content (AvgIpc) is 2.87. The van der Waals surface area contributed by atoms with Crippen molar-refractivity contribution in [1.29, 1.82) is 0 Å². The molecule has 3 rings (SSSR count). The zero-order chi connectivity index (χ0) is 13.2. The van der Waals surface area contributed by atoms with Gasteiger partial charge in [-0.3, -0.25) is 0 Å². The average molecular weight is 252 g/mol. The van der Waals surface area contributed by atoms with E-state index in [9.17, 15) is 0 Å². The Morgan fingerprint density at radius 1 is 1.05 bits per heavy atom. The summed E-state index contributed by atoms with van der Waals surface area (Å²) in [4.78, 5) is 4.73. The summed E-state index contributed by atoms with van der Waals surface area (Å²) >= 11 is 0. The van der Waals surface area contributed by atoms with Gasteiger partial charge in [-0.2, -0.15) is 0 Å². The Hall–Kier alpha value is -1.83. The quantitative estimate of drug-likeness (QED) is 0.891. The van der Waals surface area contributed by atoms with Crippen molar-refractivity contribution in [2.45, 2.75) is 39.2 Å². The van der Waals surface area contributed by atoms with Crippen molar-refractivity contribution < 1.29 is 0 Å². The Labute approximate surface area is 114 Å². The summed E-state index contributed by atoms with van der Waals surface area (Å²) in [5.41, 5.74) is 5.30. The second kappa shape index (κ2) is 5.04. The molecule has 0 fully saturated rings. The molecule has 0 saturated carbocycles. The minimum atomic E-state index is 0.285. The van der Waals surface area contributed by atoms with Crippen molar-refractivity contribution in [1.82, 2.24) is 4.98 Å². The van der Waals surface area contributed by atoms with E-state index in [1.807, 2.05) is 0 Å². The Kier molecular flexibility index (Phi) is 3.24. The highest BCUT2D eigenvalue weighted by molar-refractivity contribution is 5.42. The number of pyridine rings is 1. The van der Waals surface area contributed by atoms with Crippen LogP contribution in [0.2, 0.25) is 0 Å². The number of hydrogen-bond acceptors (Lipinski definition) is 2. The summed E-state index contributed by atoms with van der Waals surface area (Å²) in [5, 5.41) is 3.50. The van der Waals surface area contributed by atoms with Gasteiger partial charge in [0.1, 0.15) is 5.82 Å². The van der Waals surface area contributed by atoms with E-state index in [2.05, 4.69) is 55.6 Å². The van der Waals surface area contributed by atoms with Gasteiger partial charge in [0.15, 0.2) is 0 Å². The Morgan fingerprint density at radius 2 is 1.84 bits per heavy atom. The Balaban J connectivity index is 1.75. The molecule has 1 N–H and O–H groups in total. The molecule has 0 spiro atoms. The molecule has 0 amide bonds. The zero-order valence-electron chi connectivity index (χ0n) is 11.6. The maximum Gasteiger partial charge on any atom is 0.126 e. The van der Waals surface area contributed by atoms with E-state index < -0.39 is 0 Å². The lowest BCUT2D eigenvalue weighted by Gasteiger charge is -2.16. The van der Waals surface area contributed by atoms with Crippen molar-refractivity contribution in [3.63, 3.8) is 0 Å². The summed E-state index contributed by atoms with van der Waals surface area (Å²) in [7, 11) is 0. The summed E-state index contributed by atoms with van der Waals surface area (Å²) < 4.78 is 0. The predicted octanol–water partition coefficient (Wildman–Crippen LogP) is 4.05. The van der Waals surface area contributed by atoms with Gasteiger partial charge in [-0.05, 0) is 50.3 Å². The first-order valence-corrected chi connectivity index (χ1v) is 7.04. The number of hydrogen-bond donors (Lipinski definition) is 1. The molecule has 2 aromatic rings. The molecule has 1 aromatic carbocycles. The van der Waals surface area contributed by atoms with E-state index in [0.717, 1.165) is 12.2 Å². The highest BCUT2D eigenvalue weighted by Gasteiger charge is 2.13. The van der Waals surface area contributed by atoms with Crippen LogP contribution in [-0.2, 0) is 12.8 Å². The molecule has 0 aliphatic heterocycles. The lowest BCUT2D eigenvalue weighted by molar-refractivity contribution is 0.865. The van der Waals surface area contributed by atoms with Crippen molar-refractivity contribution >= 4 is 5.82 Å². The van der Waals surface area contributed by atoms with Crippen molar-refractivity contribution in [2.75, 3.05) is 5.32 Å². The molecule has 1 aromatic heterocycles. The van der Waals surface area contributed by atoms with E-state index >= 15 is 0 Å². The van der Waals surface area contributed by atoms with Gasteiger partial charge in [-0.15, -0.1) is 0 Å². The molecule has 0 bridgehead atoms. The smallest absolute Gasteiger partial charge is 0.126 e. The Morgan fingerprint density at radius 3 is 2.63 bits per heavy atom. The van der Waals surface area contributed by atoms with Gasteiger partial charge in [0.25, 0.3) is 0 Å². The number of aryl methyl sites for hydroxylation is 3. The molecule has 19 heavy (non-hydrogen) atoms. The lowest BCUT2D eigenvalue weighted by Crippen LogP contribution is -2.08. The molecule has 1 atom stereocenters. The van der Waals surface area contributed by atoms with Crippen LogP contribution in [0.25, 0.3) is 0 Å². The van der Waals surface area contributed by atoms with Gasteiger partial charge in [0.05, 0.1) is 0 Å². The van der Waals surface area contributed by atoms with Gasteiger partial charge < -0.3 is 5.32 Å². The van der Waals surface area contributed by atoms with E-state index in [0.29, 0.717) is 0 Å². The SMILES string of the molecule is Cc1ccc(C(C)Nc2ccc3c(n2)CCC3)cc1. The maximum atomic E-state index is 4.73. The van der Waals surface area contributed by atoms with Gasteiger partial charge in [0, 0.05) is 11.7 Å². The molecule has 2 nitrogen and oxygen atoms in total. The number of aromatic nitrogens is 1. The number of fused-ring (bicyclic) bond motifs is 1. The Bertz CT molecular complexity index is 572. The number of nitrogens with zero attached hydrogens (tertiary/aromatic N) is 1. The number of nitrogens with one attached hydrogen (secondary N) is 1. The third kappa shape index (κ3) is 2.62. The number of benzene rings is 1. The van der Waals surface area contributed by atoms with E-state index in [4.69, 9.17) is 4.98 Å². The monoisotopic (exact) mass is 252 g/mol. The van der Waals surface area contributed by atoms with Gasteiger partial charge in [0.2, 0.25) is 0 Å². The van der Waals surface area contributed by atoms with Crippen molar-refractivity contribution in [3.05, 3.63) is 58.8 Å². The van der Waals surface area contributed by atoms with Crippen molar-refractivity contribution in [3.8, 4) is 0 Å². The third-order valence-electron chi connectivity index (χ3n) is 3.87. The standard InChI is InChI=1S/C17H20N2/c1-12-6-8-14(9-7-12)13(2)18-17-11-10-15-4-3-5-16(15)19-17/h6-11,13H,3-5H2,1-2H3,(H,18,19). The molecule has 2 heteroatoms. The van der Waals surface area contributed by atoms with Gasteiger partial charge in [-0.1, -0.05) is 35.9 Å². The summed E-state index contributed by atoms with van der Waals surface area (Å²) in [6.07, 6.45) is 3.57. The van der Waals surface area contributed by atoms with Crippen LogP contribution in [0, 0.1) is 6.92 Å². The number of rotatable bonds is 3. The first-order chi connectivity index (χ1) is 9.22. The van der Waals surface area contributed by atoms with E-state index in [-0.39, 0.29) is 6.04 Å². The second-order valence-electron chi connectivity index (χ2n) is 5.43. The van der Waals surface area contributed by atoms with Crippen LogP contribution in [-0.4, -0.2) is 4.98 Å². The van der Waals surface area contributed by atoms with Crippen LogP contribution in [0.4, 0.5) is 5.82 Å². The molecule has 1 unspecified atom stereocenters. The lowest BCUT2D eigenvalue weighted by atomic mass is 10.1. The first kappa shape index (κ1) is 12.2. The second-order valence-corrected chi connectivity index (χ2v) is 5.43. The highest BCUT2D eigenvalue weighted by Crippen LogP contribution is 2.24. The largest absolute Gasteiger partial charge is 0.364 e. The van der Waals surface area contributed by atoms with E-state index in [1.54, 1.807) is 0 Å². The molecule has 0 radical (unpaired) electrons. The predicted molar refractivity (Wildman–Crippen MR) is 79.5 cm³/mol. The van der Waals surface area contributed by atoms with Crippen LogP contribution >= 0.6 is 0 Å². The fraction of sp³-hybridized carbons (Fsp3) is 0.353. The zero-order valence-corrected chi connectivity index (χ0v) is 11.6. The summed E-state index contributed by atoms with van der Waals surface area (Å²) in [5.74, 6) is 0.994. The van der Waals surface area contributed by atoms with Crippen LogP contribution in [0.5, 0.6) is 0 Å². The third-order valence-corrected chi connectivity index (χ3v) is 3.87. The highest BCUT2D eigenvalue weighted by atomic mass is 15.0. The van der Waals surface area contributed by atoms with Gasteiger partial charge in [-0.25, -0.2) is 4.98 Å². The number of anilines is 1. The normalized spacial score (nSPS) is 15.1. The topological polar surface area (TPSA) is 24.9 Å². The van der Waals surface area contributed by atoms with Gasteiger partial charge >= 0.3 is 0 Å². The molecule has 0 saturated heterocycles. The molecule has 1 aliphatic rings. The fourth-order valence-corrected chi connectivity index (χ4v) is 2.66. The van der Waals surface area contributed by atoms with Crippen LogP contribution in [0.3, 0.4) is 0 Å². The van der Waals surface area contributed by atoms with E-state index in [1.165, 1.54) is 35.2 Å². The molecular formula is C17H20N2. The maximum absolute atomic E-state index is 4.73. The van der Waals surface area contributed by atoms with Crippen LogP contribution in [0.1, 0.15) is 41.8 Å².